The summed E-state index contributed by atoms with van der Waals surface area (Å²) in [4.78, 5) is 23.6. The zero-order chi connectivity index (χ0) is 16.7. The average Bonchev–Trinajstić information content (AvgIpc) is 2.86. The minimum absolute atomic E-state index is 0.0464. The molecular formula is C19H18O4. The number of carboxylic acids is 2. The number of fused-ring (bicyclic) bond motifs is 3. The Labute approximate surface area is 134 Å². The molecule has 0 aromatic heterocycles. The first-order chi connectivity index (χ1) is 11.0. The molecule has 1 atom stereocenters. The summed E-state index contributed by atoms with van der Waals surface area (Å²) >= 11 is 0. The molecule has 3 rings (SSSR count). The third-order valence-electron chi connectivity index (χ3n) is 4.64. The normalized spacial score (nSPS) is 15.1. The minimum Gasteiger partial charge on any atom is -0.478 e. The summed E-state index contributed by atoms with van der Waals surface area (Å²) in [6.07, 6.45) is 1.21. The van der Waals surface area contributed by atoms with Crippen LogP contribution in [0.3, 0.4) is 0 Å². The Hall–Kier alpha value is -2.62. The Balaban J connectivity index is 2.46. The summed E-state index contributed by atoms with van der Waals surface area (Å²) < 4.78 is 0. The Morgan fingerprint density at radius 1 is 1.00 bits per heavy atom. The van der Waals surface area contributed by atoms with E-state index in [1.165, 1.54) is 0 Å². The molecule has 0 spiro atoms. The number of benzene rings is 2. The van der Waals surface area contributed by atoms with E-state index >= 15 is 0 Å². The SMILES string of the molecule is CCc1cc2c(c(C(=O)O)c1C(=O)O)C(CC)c1ccccc1-2. The van der Waals surface area contributed by atoms with Gasteiger partial charge in [0, 0.05) is 5.92 Å². The van der Waals surface area contributed by atoms with E-state index in [1.807, 2.05) is 44.2 Å². The van der Waals surface area contributed by atoms with Crippen molar-refractivity contribution in [3.8, 4) is 11.1 Å². The molecule has 4 heteroatoms. The summed E-state index contributed by atoms with van der Waals surface area (Å²) in [5.41, 5.74) is 4.07. The van der Waals surface area contributed by atoms with Crippen molar-refractivity contribution in [3.63, 3.8) is 0 Å². The van der Waals surface area contributed by atoms with Gasteiger partial charge in [-0.3, -0.25) is 0 Å². The largest absolute Gasteiger partial charge is 0.478 e. The molecule has 2 N–H and O–H groups in total. The lowest BCUT2D eigenvalue weighted by Gasteiger charge is -2.17. The predicted octanol–water partition coefficient (Wildman–Crippen LogP) is 4.17. The van der Waals surface area contributed by atoms with E-state index in [1.54, 1.807) is 0 Å². The fourth-order valence-corrected chi connectivity index (χ4v) is 3.71. The van der Waals surface area contributed by atoms with Crippen LogP contribution in [0, 0.1) is 0 Å². The van der Waals surface area contributed by atoms with Crippen molar-refractivity contribution in [3.05, 3.63) is 58.1 Å². The molecule has 118 valence electrons. The van der Waals surface area contributed by atoms with Gasteiger partial charge in [-0.15, -0.1) is 0 Å². The summed E-state index contributed by atoms with van der Waals surface area (Å²) in [5, 5.41) is 19.3. The van der Waals surface area contributed by atoms with Crippen LogP contribution in [0.5, 0.6) is 0 Å². The van der Waals surface area contributed by atoms with Gasteiger partial charge in [-0.05, 0) is 46.7 Å². The zero-order valence-corrected chi connectivity index (χ0v) is 13.1. The number of rotatable bonds is 4. The van der Waals surface area contributed by atoms with Gasteiger partial charge >= 0.3 is 11.9 Å². The van der Waals surface area contributed by atoms with Crippen molar-refractivity contribution >= 4 is 11.9 Å². The highest BCUT2D eigenvalue weighted by molar-refractivity contribution is 6.06. The summed E-state index contributed by atoms with van der Waals surface area (Å²) in [6.45, 7) is 3.84. The Bertz CT molecular complexity index is 820. The van der Waals surface area contributed by atoms with Gasteiger partial charge in [0.15, 0.2) is 0 Å². The number of aryl methyl sites for hydroxylation is 1. The zero-order valence-electron chi connectivity index (χ0n) is 13.1. The van der Waals surface area contributed by atoms with E-state index in [0.29, 0.717) is 17.5 Å². The van der Waals surface area contributed by atoms with Gasteiger partial charge in [0.1, 0.15) is 0 Å². The van der Waals surface area contributed by atoms with Crippen LogP contribution in [0.1, 0.15) is 63.6 Å². The molecule has 2 aromatic carbocycles. The van der Waals surface area contributed by atoms with Crippen molar-refractivity contribution in [2.24, 2.45) is 0 Å². The quantitative estimate of drug-likeness (QED) is 0.889. The van der Waals surface area contributed by atoms with E-state index in [4.69, 9.17) is 0 Å². The maximum Gasteiger partial charge on any atom is 0.336 e. The molecule has 23 heavy (non-hydrogen) atoms. The van der Waals surface area contributed by atoms with Gasteiger partial charge in [-0.1, -0.05) is 38.1 Å². The van der Waals surface area contributed by atoms with Crippen LogP contribution in [0.25, 0.3) is 11.1 Å². The molecule has 4 nitrogen and oxygen atoms in total. The second-order valence-electron chi connectivity index (χ2n) is 5.76. The van der Waals surface area contributed by atoms with Crippen molar-refractivity contribution in [1.82, 2.24) is 0 Å². The van der Waals surface area contributed by atoms with E-state index in [-0.39, 0.29) is 17.0 Å². The molecule has 0 saturated carbocycles. The highest BCUT2D eigenvalue weighted by Crippen LogP contribution is 2.49. The maximum atomic E-state index is 11.9. The van der Waals surface area contributed by atoms with Crippen molar-refractivity contribution in [2.45, 2.75) is 32.6 Å². The lowest BCUT2D eigenvalue weighted by atomic mass is 9.85. The molecule has 1 unspecified atom stereocenters. The number of carbonyl (C=O) groups is 2. The van der Waals surface area contributed by atoms with E-state index < -0.39 is 11.9 Å². The van der Waals surface area contributed by atoms with Crippen LogP contribution in [-0.4, -0.2) is 22.2 Å². The molecule has 1 aliphatic rings. The number of hydrogen-bond acceptors (Lipinski definition) is 2. The van der Waals surface area contributed by atoms with Crippen molar-refractivity contribution < 1.29 is 19.8 Å². The molecule has 2 aromatic rings. The molecular weight excluding hydrogens is 292 g/mol. The molecule has 1 aliphatic carbocycles. The Kier molecular flexibility index (Phi) is 3.68. The van der Waals surface area contributed by atoms with E-state index in [9.17, 15) is 19.8 Å². The van der Waals surface area contributed by atoms with E-state index in [0.717, 1.165) is 23.1 Å². The summed E-state index contributed by atoms with van der Waals surface area (Å²) in [5.74, 6) is -2.41. The van der Waals surface area contributed by atoms with Crippen LogP contribution in [0.2, 0.25) is 0 Å². The van der Waals surface area contributed by atoms with Crippen LogP contribution < -0.4 is 0 Å². The summed E-state index contributed by atoms with van der Waals surface area (Å²) in [6, 6.07) is 9.71. The van der Waals surface area contributed by atoms with E-state index in [2.05, 4.69) is 0 Å². The van der Waals surface area contributed by atoms with Gasteiger partial charge in [0.2, 0.25) is 0 Å². The van der Waals surface area contributed by atoms with Gasteiger partial charge in [0.05, 0.1) is 11.1 Å². The predicted molar refractivity (Wildman–Crippen MR) is 87.3 cm³/mol. The molecule has 0 fully saturated rings. The highest BCUT2D eigenvalue weighted by atomic mass is 16.4. The first kappa shape index (κ1) is 15.3. The standard InChI is InChI=1S/C19H18O4/c1-3-10-9-14-13-8-6-5-7-12(13)11(4-2)16(14)17(19(22)23)15(10)18(20)21/h5-9,11H,3-4H2,1-2H3,(H,20,21)(H,22,23). The highest BCUT2D eigenvalue weighted by Gasteiger charge is 2.35. The van der Waals surface area contributed by atoms with Crippen molar-refractivity contribution in [2.75, 3.05) is 0 Å². The van der Waals surface area contributed by atoms with Crippen LogP contribution in [0.4, 0.5) is 0 Å². The average molecular weight is 310 g/mol. The smallest absolute Gasteiger partial charge is 0.336 e. The second-order valence-corrected chi connectivity index (χ2v) is 5.76. The van der Waals surface area contributed by atoms with Gasteiger partial charge in [0.25, 0.3) is 0 Å². The number of carboxylic acid groups (broad SMARTS) is 2. The van der Waals surface area contributed by atoms with Crippen LogP contribution >= 0.6 is 0 Å². The Morgan fingerprint density at radius 2 is 1.65 bits per heavy atom. The molecule has 0 saturated heterocycles. The minimum atomic E-state index is -1.17. The second kappa shape index (κ2) is 5.54. The molecule has 0 radical (unpaired) electrons. The molecule has 0 aliphatic heterocycles. The maximum absolute atomic E-state index is 11.9. The van der Waals surface area contributed by atoms with Crippen LogP contribution in [-0.2, 0) is 6.42 Å². The molecule has 0 bridgehead atoms. The van der Waals surface area contributed by atoms with Gasteiger partial charge < -0.3 is 10.2 Å². The first-order valence-corrected chi connectivity index (χ1v) is 7.76. The lowest BCUT2D eigenvalue weighted by Crippen LogP contribution is -2.16. The monoisotopic (exact) mass is 310 g/mol. The van der Waals surface area contributed by atoms with Gasteiger partial charge in [-0.2, -0.15) is 0 Å². The fraction of sp³-hybridized carbons (Fsp3) is 0.263. The van der Waals surface area contributed by atoms with Crippen molar-refractivity contribution in [1.29, 1.82) is 0 Å². The third kappa shape index (κ3) is 2.13. The third-order valence-corrected chi connectivity index (χ3v) is 4.64. The number of aromatic carboxylic acids is 2. The topological polar surface area (TPSA) is 74.6 Å². The molecule has 0 amide bonds. The fourth-order valence-electron chi connectivity index (χ4n) is 3.71. The number of hydrogen-bond donors (Lipinski definition) is 2. The summed E-state index contributed by atoms with van der Waals surface area (Å²) in [7, 11) is 0. The lowest BCUT2D eigenvalue weighted by molar-refractivity contribution is 0.0649. The van der Waals surface area contributed by atoms with Crippen LogP contribution in [0.15, 0.2) is 30.3 Å². The first-order valence-electron chi connectivity index (χ1n) is 7.76. The van der Waals surface area contributed by atoms with Gasteiger partial charge in [-0.25, -0.2) is 9.59 Å². The molecule has 0 heterocycles. The Morgan fingerprint density at radius 3 is 2.22 bits per heavy atom.